The fourth-order valence-electron chi connectivity index (χ4n) is 3.61. The Bertz CT molecular complexity index is 1290. The zero-order valence-corrected chi connectivity index (χ0v) is 15.2. The second-order valence-electron chi connectivity index (χ2n) is 6.78. The van der Waals surface area contributed by atoms with Crippen LogP contribution in [0.1, 0.15) is 11.3 Å². The summed E-state index contributed by atoms with van der Waals surface area (Å²) in [7, 11) is 0. The molecule has 5 aromatic rings. The van der Waals surface area contributed by atoms with E-state index in [9.17, 15) is 0 Å². The largest absolute Gasteiger partial charge is 0.368 e. The molecule has 5 rings (SSSR count). The van der Waals surface area contributed by atoms with Crippen LogP contribution in [0, 0.1) is 0 Å². The molecule has 0 aliphatic carbocycles. The highest BCUT2D eigenvalue weighted by Gasteiger charge is 2.12. The summed E-state index contributed by atoms with van der Waals surface area (Å²) in [5.74, 6) is 0.276. The van der Waals surface area contributed by atoms with Crippen molar-refractivity contribution in [2.45, 2.75) is 6.42 Å². The van der Waals surface area contributed by atoms with Gasteiger partial charge in [0.1, 0.15) is 5.52 Å². The van der Waals surface area contributed by atoms with E-state index in [0.717, 1.165) is 28.0 Å². The van der Waals surface area contributed by atoms with Crippen LogP contribution in [-0.4, -0.2) is 15.0 Å². The fraction of sp³-hybridized carbons (Fsp3) is 0.0417. The van der Waals surface area contributed by atoms with Gasteiger partial charge in [-0.3, -0.25) is 0 Å². The van der Waals surface area contributed by atoms with E-state index in [2.05, 4.69) is 64.6 Å². The van der Waals surface area contributed by atoms with Gasteiger partial charge in [-0.1, -0.05) is 72.8 Å². The Morgan fingerprint density at radius 1 is 0.679 bits per heavy atom. The number of benzene rings is 3. The monoisotopic (exact) mass is 362 g/mol. The third-order valence-electron chi connectivity index (χ3n) is 4.91. The molecule has 0 radical (unpaired) electrons. The minimum Gasteiger partial charge on any atom is -0.368 e. The lowest BCUT2D eigenvalue weighted by atomic mass is 10.0. The van der Waals surface area contributed by atoms with Crippen molar-refractivity contribution in [2.24, 2.45) is 0 Å². The minimum atomic E-state index is 0.276. The van der Waals surface area contributed by atoms with E-state index >= 15 is 0 Å². The van der Waals surface area contributed by atoms with Gasteiger partial charge < -0.3 is 5.73 Å². The Balaban J connectivity index is 1.70. The standard InChI is InChI=1S/C24H18N4/c25-24-27-21-14-13-20(19-12-6-10-17-9-4-5-11-18(17)19)26-23(21)22(28-24)15-16-7-2-1-3-8-16/h1-14H,15H2,(H2,25,27,28). The smallest absolute Gasteiger partial charge is 0.220 e. The summed E-state index contributed by atoms with van der Waals surface area (Å²) in [6.07, 6.45) is 0.663. The van der Waals surface area contributed by atoms with E-state index in [1.54, 1.807) is 0 Å². The van der Waals surface area contributed by atoms with Gasteiger partial charge in [0.05, 0.1) is 16.9 Å². The van der Waals surface area contributed by atoms with Crippen LogP contribution in [0.4, 0.5) is 5.95 Å². The van der Waals surface area contributed by atoms with Crippen molar-refractivity contribution in [1.29, 1.82) is 0 Å². The van der Waals surface area contributed by atoms with Crippen molar-refractivity contribution in [3.63, 3.8) is 0 Å². The van der Waals surface area contributed by atoms with E-state index in [1.807, 2.05) is 30.3 Å². The molecule has 28 heavy (non-hydrogen) atoms. The average Bonchev–Trinajstić information content (AvgIpc) is 2.74. The van der Waals surface area contributed by atoms with Crippen molar-refractivity contribution >= 4 is 27.8 Å². The Morgan fingerprint density at radius 3 is 2.36 bits per heavy atom. The summed E-state index contributed by atoms with van der Waals surface area (Å²) in [4.78, 5) is 13.8. The Hall–Kier alpha value is -3.79. The minimum absolute atomic E-state index is 0.276. The molecule has 134 valence electrons. The van der Waals surface area contributed by atoms with Gasteiger partial charge in [-0.2, -0.15) is 0 Å². The van der Waals surface area contributed by atoms with Gasteiger partial charge in [0.25, 0.3) is 0 Å². The second kappa shape index (κ2) is 6.74. The molecule has 0 aliphatic rings. The topological polar surface area (TPSA) is 64.7 Å². The van der Waals surface area contributed by atoms with E-state index < -0.39 is 0 Å². The lowest BCUT2D eigenvalue weighted by Gasteiger charge is -2.10. The quantitative estimate of drug-likeness (QED) is 0.489. The number of pyridine rings is 1. The molecule has 0 saturated heterocycles. The Kier molecular flexibility index (Phi) is 3.95. The van der Waals surface area contributed by atoms with Crippen LogP contribution >= 0.6 is 0 Å². The number of aromatic nitrogens is 3. The molecule has 0 bridgehead atoms. The third-order valence-corrected chi connectivity index (χ3v) is 4.91. The summed E-state index contributed by atoms with van der Waals surface area (Å²) in [6, 6.07) is 28.8. The van der Waals surface area contributed by atoms with Crippen molar-refractivity contribution in [2.75, 3.05) is 5.73 Å². The summed E-state index contributed by atoms with van der Waals surface area (Å²) in [5.41, 5.74) is 11.5. The highest BCUT2D eigenvalue weighted by atomic mass is 15.0. The SMILES string of the molecule is Nc1nc(Cc2ccccc2)c2nc(-c3cccc4ccccc34)ccc2n1. The van der Waals surface area contributed by atoms with Crippen molar-refractivity contribution in [3.8, 4) is 11.3 Å². The maximum atomic E-state index is 5.95. The normalized spacial score (nSPS) is 11.1. The molecular weight excluding hydrogens is 344 g/mol. The van der Waals surface area contributed by atoms with Gasteiger partial charge in [-0.25, -0.2) is 15.0 Å². The number of nitrogen functional groups attached to an aromatic ring is 1. The van der Waals surface area contributed by atoms with Gasteiger partial charge >= 0.3 is 0 Å². The molecule has 2 aromatic heterocycles. The lowest BCUT2D eigenvalue weighted by Crippen LogP contribution is -2.03. The van der Waals surface area contributed by atoms with Crippen LogP contribution in [0.3, 0.4) is 0 Å². The molecule has 0 saturated carbocycles. The number of nitrogens with zero attached hydrogens (tertiary/aromatic N) is 3. The van der Waals surface area contributed by atoms with Crippen LogP contribution in [0.5, 0.6) is 0 Å². The molecule has 0 aliphatic heterocycles. The lowest BCUT2D eigenvalue weighted by molar-refractivity contribution is 1.06. The number of nitrogens with two attached hydrogens (primary N) is 1. The van der Waals surface area contributed by atoms with E-state index in [-0.39, 0.29) is 5.95 Å². The molecule has 0 amide bonds. The van der Waals surface area contributed by atoms with Crippen molar-refractivity contribution in [3.05, 3.63) is 96.2 Å². The molecule has 2 heterocycles. The number of fused-ring (bicyclic) bond motifs is 2. The first-order valence-electron chi connectivity index (χ1n) is 9.23. The maximum absolute atomic E-state index is 5.95. The Morgan fingerprint density at radius 2 is 1.46 bits per heavy atom. The molecule has 0 spiro atoms. The van der Waals surface area contributed by atoms with Crippen LogP contribution in [0.2, 0.25) is 0 Å². The fourth-order valence-corrected chi connectivity index (χ4v) is 3.61. The van der Waals surface area contributed by atoms with Crippen LogP contribution < -0.4 is 5.73 Å². The predicted octanol–water partition coefficient (Wildman–Crippen LogP) is 5.02. The van der Waals surface area contributed by atoms with Gasteiger partial charge in [0.15, 0.2) is 0 Å². The molecule has 4 nitrogen and oxygen atoms in total. The van der Waals surface area contributed by atoms with Gasteiger partial charge in [-0.15, -0.1) is 0 Å². The average molecular weight is 362 g/mol. The highest BCUT2D eigenvalue weighted by molar-refractivity contribution is 5.96. The summed E-state index contributed by atoms with van der Waals surface area (Å²) in [6.45, 7) is 0. The van der Waals surface area contributed by atoms with Gasteiger partial charge in [0.2, 0.25) is 5.95 Å². The highest BCUT2D eigenvalue weighted by Crippen LogP contribution is 2.29. The number of hydrogen-bond donors (Lipinski definition) is 1. The van der Waals surface area contributed by atoms with E-state index in [1.165, 1.54) is 16.3 Å². The molecule has 3 aromatic carbocycles. The molecule has 0 unspecified atom stereocenters. The molecule has 0 fully saturated rings. The first kappa shape index (κ1) is 16.4. The summed E-state index contributed by atoms with van der Waals surface area (Å²) in [5, 5.41) is 2.37. The predicted molar refractivity (Wildman–Crippen MR) is 114 cm³/mol. The zero-order chi connectivity index (χ0) is 18.9. The van der Waals surface area contributed by atoms with E-state index in [4.69, 9.17) is 10.7 Å². The van der Waals surface area contributed by atoms with Crippen LogP contribution in [0.25, 0.3) is 33.1 Å². The van der Waals surface area contributed by atoms with Crippen LogP contribution in [0.15, 0.2) is 84.9 Å². The first-order chi connectivity index (χ1) is 13.8. The maximum Gasteiger partial charge on any atom is 0.220 e. The molecule has 4 heteroatoms. The number of hydrogen-bond acceptors (Lipinski definition) is 4. The number of rotatable bonds is 3. The number of anilines is 1. The summed E-state index contributed by atoms with van der Waals surface area (Å²) < 4.78 is 0. The molecule has 0 atom stereocenters. The summed E-state index contributed by atoms with van der Waals surface area (Å²) >= 11 is 0. The second-order valence-corrected chi connectivity index (χ2v) is 6.78. The van der Waals surface area contributed by atoms with Gasteiger partial charge in [0, 0.05) is 12.0 Å². The van der Waals surface area contributed by atoms with Crippen LogP contribution in [-0.2, 0) is 6.42 Å². The zero-order valence-electron chi connectivity index (χ0n) is 15.2. The van der Waals surface area contributed by atoms with Crippen molar-refractivity contribution in [1.82, 2.24) is 15.0 Å². The molecular formula is C24H18N4. The van der Waals surface area contributed by atoms with Gasteiger partial charge in [-0.05, 0) is 28.5 Å². The van der Waals surface area contributed by atoms with E-state index in [0.29, 0.717) is 6.42 Å². The third kappa shape index (κ3) is 2.95. The first-order valence-corrected chi connectivity index (χ1v) is 9.23. The van der Waals surface area contributed by atoms with Crippen molar-refractivity contribution < 1.29 is 0 Å². The molecule has 2 N–H and O–H groups in total. The Labute approximate surface area is 162 Å².